The Morgan fingerprint density at radius 3 is 2.93 bits per heavy atom. The van der Waals surface area contributed by atoms with E-state index < -0.39 is 0 Å². The molecule has 3 aromatic rings. The van der Waals surface area contributed by atoms with E-state index in [1.54, 1.807) is 29.6 Å². The first kappa shape index (κ1) is 19.0. The molecule has 1 amide bonds. The van der Waals surface area contributed by atoms with Crippen LogP contribution in [0.2, 0.25) is 0 Å². The van der Waals surface area contributed by atoms with Crippen LogP contribution in [0.4, 0.5) is 0 Å². The molecule has 1 atom stereocenters. The summed E-state index contributed by atoms with van der Waals surface area (Å²) in [5, 5.41) is 3.93. The molecule has 1 fully saturated rings. The maximum absolute atomic E-state index is 12.8. The summed E-state index contributed by atoms with van der Waals surface area (Å²) in [5.74, 6) is 1.27. The van der Waals surface area contributed by atoms with Gasteiger partial charge in [0.2, 0.25) is 11.6 Å². The SMILES string of the molecule is CCc1cc(C(=O)N2CCC[C@@H](c3nccnc3Oc3cccnc3C)C2)on1. The molecule has 4 rings (SSSR count). The fraction of sp³-hybridized carbons (Fsp3) is 0.381. The predicted molar refractivity (Wildman–Crippen MR) is 105 cm³/mol. The van der Waals surface area contributed by atoms with Gasteiger partial charge >= 0.3 is 0 Å². The van der Waals surface area contributed by atoms with E-state index in [0.29, 0.717) is 24.7 Å². The van der Waals surface area contributed by atoms with Gasteiger partial charge < -0.3 is 14.2 Å². The molecule has 29 heavy (non-hydrogen) atoms. The fourth-order valence-electron chi connectivity index (χ4n) is 3.50. The summed E-state index contributed by atoms with van der Waals surface area (Å²) in [5.41, 5.74) is 2.31. The number of likely N-dealkylation sites (tertiary alicyclic amines) is 1. The van der Waals surface area contributed by atoms with E-state index in [1.165, 1.54) is 0 Å². The lowest BCUT2D eigenvalue weighted by Crippen LogP contribution is -2.39. The largest absolute Gasteiger partial charge is 0.435 e. The first-order valence-electron chi connectivity index (χ1n) is 9.81. The van der Waals surface area contributed by atoms with E-state index in [9.17, 15) is 4.79 Å². The molecular weight excluding hydrogens is 370 g/mol. The van der Waals surface area contributed by atoms with Gasteiger partial charge in [-0.2, -0.15) is 0 Å². The average molecular weight is 393 g/mol. The number of aryl methyl sites for hydroxylation is 2. The topological polar surface area (TPSA) is 94.2 Å². The zero-order chi connectivity index (χ0) is 20.2. The van der Waals surface area contributed by atoms with Gasteiger partial charge in [0.05, 0.1) is 11.4 Å². The lowest BCUT2D eigenvalue weighted by atomic mass is 9.94. The maximum atomic E-state index is 12.8. The van der Waals surface area contributed by atoms with Crippen molar-refractivity contribution in [2.45, 2.75) is 39.0 Å². The first-order chi connectivity index (χ1) is 14.2. The third kappa shape index (κ3) is 4.11. The predicted octanol–water partition coefficient (Wildman–Crippen LogP) is 3.54. The number of carbonyl (C=O) groups excluding carboxylic acids is 1. The number of hydrogen-bond donors (Lipinski definition) is 0. The Labute approximate surface area is 168 Å². The minimum atomic E-state index is -0.142. The van der Waals surface area contributed by atoms with Crippen molar-refractivity contribution in [3.63, 3.8) is 0 Å². The zero-order valence-electron chi connectivity index (χ0n) is 16.5. The average Bonchev–Trinajstić information content (AvgIpc) is 3.25. The Kier molecular flexibility index (Phi) is 5.50. The second kappa shape index (κ2) is 8.38. The van der Waals surface area contributed by atoms with Crippen LogP contribution < -0.4 is 4.74 Å². The van der Waals surface area contributed by atoms with Gasteiger partial charge in [-0.3, -0.25) is 14.8 Å². The molecule has 0 unspecified atom stereocenters. The molecule has 0 bridgehead atoms. The molecular formula is C21H23N5O3. The van der Waals surface area contributed by atoms with E-state index in [-0.39, 0.29) is 17.6 Å². The van der Waals surface area contributed by atoms with Gasteiger partial charge in [0, 0.05) is 43.7 Å². The summed E-state index contributed by atoms with van der Waals surface area (Å²) < 4.78 is 11.3. The van der Waals surface area contributed by atoms with Gasteiger partial charge in [-0.1, -0.05) is 12.1 Å². The van der Waals surface area contributed by atoms with Gasteiger partial charge in [0.1, 0.15) is 5.69 Å². The summed E-state index contributed by atoms with van der Waals surface area (Å²) in [6.45, 7) is 5.06. The van der Waals surface area contributed by atoms with Gasteiger partial charge in [-0.25, -0.2) is 4.98 Å². The lowest BCUT2D eigenvalue weighted by Gasteiger charge is -2.32. The van der Waals surface area contributed by atoms with Gasteiger partial charge in [-0.15, -0.1) is 0 Å². The van der Waals surface area contributed by atoms with E-state index >= 15 is 0 Å². The van der Waals surface area contributed by atoms with Crippen LogP contribution in [0.5, 0.6) is 11.6 Å². The molecule has 4 heterocycles. The number of amides is 1. The number of pyridine rings is 1. The molecule has 0 aromatic carbocycles. The summed E-state index contributed by atoms with van der Waals surface area (Å²) in [6, 6.07) is 5.39. The number of piperidine rings is 1. The first-order valence-corrected chi connectivity index (χ1v) is 9.81. The molecule has 0 spiro atoms. The number of nitrogens with zero attached hydrogens (tertiary/aromatic N) is 5. The Bertz CT molecular complexity index is 1000. The smallest absolute Gasteiger partial charge is 0.292 e. The van der Waals surface area contributed by atoms with Crippen molar-refractivity contribution in [1.82, 2.24) is 25.0 Å². The van der Waals surface area contributed by atoms with Crippen molar-refractivity contribution in [1.29, 1.82) is 0 Å². The minimum Gasteiger partial charge on any atom is -0.435 e. The number of hydrogen-bond acceptors (Lipinski definition) is 7. The molecule has 0 N–H and O–H groups in total. The maximum Gasteiger partial charge on any atom is 0.292 e. The van der Waals surface area contributed by atoms with Crippen molar-refractivity contribution < 1.29 is 14.1 Å². The van der Waals surface area contributed by atoms with Crippen LogP contribution >= 0.6 is 0 Å². The van der Waals surface area contributed by atoms with Crippen LogP contribution in [-0.4, -0.2) is 44.0 Å². The number of carbonyl (C=O) groups is 1. The minimum absolute atomic E-state index is 0.0296. The Morgan fingerprint density at radius 2 is 2.14 bits per heavy atom. The molecule has 8 nitrogen and oxygen atoms in total. The van der Waals surface area contributed by atoms with Gasteiger partial charge in [-0.05, 0) is 38.3 Å². The molecule has 1 aliphatic heterocycles. The summed E-state index contributed by atoms with van der Waals surface area (Å²) in [6.07, 6.45) is 7.49. The third-order valence-electron chi connectivity index (χ3n) is 5.08. The summed E-state index contributed by atoms with van der Waals surface area (Å²) in [4.78, 5) is 27.8. The van der Waals surface area contributed by atoms with Crippen molar-refractivity contribution in [2.75, 3.05) is 13.1 Å². The normalized spacial score (nSPS) is 16.6. The van der Waals surface area contributed by atoms with Crippen LogP contribution in [0.1, 0.15) is 53.3 Å². The van der Waals surface area contributed by atoms with Crippen molar-refractivity contribution in [2.24, 2.45) is 0 Å². The molecule has 3 aromatic heterocycles. The molecule has 1 saturated heterocycles. The Morgan fingerprint density at radius 1 is 1.28 bits per heavy atom. The van der Waals surface area contributed by atoms with Crippen molar-refractivity contribution in [3.05, 3.63) is 59.6 Å². The van der Waals surface area contributed by atoms with Crippen molar-refractivity contribution in [3.8, 4) is 11.6 Å². The third-order valence-corrected chi connectivity index (χ3v) is 5.08. The van der Waals surface area contributed by atoms with E-state index in [2.05, 4.69) is 20.1 Å². The molecule has 150 valence electrons. The molecule has 0 aliphatic carbocycles. The van der Waals surface area contributed by atoms with Gasteiger partial charge in [0.15, 0.2) is 5.75 Å². The fourth-order valence-corrected chi connectivity index (χ4v) is 3.50. The van der Waals surface area contributed by atoms with E-state index in [4.69, 9.17) is 9.26 Å². The monoisotopic (exact) mass is 393 g/mol. The van der Waals surface area contributed by atoms with E-state index in [1.807, 2.05) is 26.0 Å². The highest BCUT2D eigenvalue weighted by atomic mass is 16.5. The van der Waals surface area contributed by atoms with Crippen molar-refractivity contribution >= 4 is 5.91 Å². The van der Waals surface area contributed by atoms with E-state index in [0.717, 1.165) is 36.3 Å². The second-order valence-corrected chi connectivity index (χ2v) is 7.06. The van der Waals surface area contributed by atoms with Crippen LogP contribution in [0.3, 0.4) is 0 Å². The second-order valence-electron chi connectivity index (χ2n) is 7.06. The summed E-state index contributed by atoms with van der Waals surface area (Å²) >= 11 is 0. The number of ether oxygens (including phenoxy) is 1. The standard InChI is InChI=1S/C21H23N5O3/c1-3-16-12-18(29-25-16)21(27)26-11-5-6-15(13-26)19-20(24-10-9-23-19)28-17-7-4-8-22-14(17)2/h4,7-10,12,15H,3,5-6,11,13H2,1-2H3/t15-/m1/s1. The highest BCUT2D eigenvalue weighted by Crippen LogP contribution is 2.33. The van der Waals surface area contributed by atoms with Crippen LogP contribution in [0.15, 0.2) is 41.3 Å². The highest BCUT2D eigenvalue weighted by Gasteiger charge is 2.30. The zero-order valence-corrected chi connectivity index (χ0v) is 16.5. The summed E-state index contributed by atoms with van der Waals surface area (Å²) in [7, 11) is 0. The Balaban J connectivity index is 1.54. The lowest BCUT2D eigenvalue weighted by molar-refractivity contribution is 0.0662. The number of rotatable bonds is 5. The van der Waals surface area contributed by atoms with Crippen LogP contribution in [-0.2, 0) is 6.42 Å². The van der Waals surface area contributed by atoms with Crippen LogP contribution in [0.25, 0.3) is 0 Å². The molecule has 8 heteroatoms. The molecule has 0 radical (unpaired) electrons. The number of aromatic nitrogens is 4. The molecule has 1 aliphatic rings. The quantitative estimate of drug-likeness (QED) is 0.654. The highest BCUT2D eigenvalue weighted by molar-refractivity contribution is 5.91. The Hall–Kier alpha value is -3.29. The van der Waals surface area contributed by atoms with Gasteiger partial charge in [0.25, 0.3) is 5.91 Å². The van der Waals surface area contributed by atoms with Crippen LogP contribution in [0, 0.1) is 6.92 Å². The molecule has 0 saturated carbocycles.